The molecule has 0 bridgehead atoms. The van der Waals surface area contributed by atoms with Crippen LogP contribution in [-0.2, 0) is 14.3 Å². The molecule has 0 radical (unpaired) electrons. The summed E-state index contributed by atoms with van der Waals surface area (Å²) in [7, 11) is 1.31. The van der Waals surface area contributed by atoms with E-state index in [0.29, 0.717) is 23.4 Å². The Balaban J connectivity index is 2.44. The quantitative estimate of drug-likeness (QED) is 0.849. The first-order valence-electron chi connectivity index (χ1n) is 8.22. The fourth-order valence-corrected chi connectivity index (χ4v) is 2.99. The molecule has 0 saturated heterocycles. The van der Waals surface area contributed by atoms with Gasteiger partial charge < -0.3 is 19.7 Å². The number of hydrogen-bond acceptors (Lipinski definition) is 5. The van der Waals surface area contributed by atoms with E-state index in [1.165, 1.54) is 14.0 Å². The van der Waals surface area contributed by atoms with E-state index < -0.39 is 12.1 Å². The van der Waals surface area contributed by atoms with Crippen molar-refractivity contribution in [3.8, 4) is 0 Å². The minimum absolute atomic E-state index is 0.0518. The summed E-state index contributed by atoms with van der Waals surface area (Å²) < 4.78 is 9.93. The van der Waals surface area contributed by atoms with Gasteiger partial charge >= 0.3 is 12.1 Å². The summed E-state index contributed by atoms with van der Waals surface area (Å²) in [5.41, 5.74) is 1.73. The fourth-order valence-electron chi connectivity index (χ4n) is 2.99. The van der Waals surface area contributed by atoms with E-state index in [-0.39, 0.29) is 24.0 Å². The number of amides is 2. The molecule has 1 aromatic rings. The number of carbonyl (C=O) groups is 3. The lowest BCUT2D eigenvalue weighted by atomic mass is 9.87. The highest BCUT2D eigenvalue weighted by Gasteiger charge is 2.34. The maximum Gasteiger partial charge on any atom is 0.407 e. The lowest BCUT2D eigenvalue weighted by molar-refractivity contribution is -0.116. The van der Waals surface area contributed by atoms with Crippen LogP contribution >= 0.6 is 0 Å². The molecule has 2 amide bonds. The van der Waals surface area contributed by atoms with Crippen molar-refractivity contribution in [2.45, 2.75) is 39.8 Å². The number of benzene rings is 1. The zero-order valence-corrected chi connectivity index (χ0v) is 15.2. The average molecular weight is 348 g/mol. The second-order valence-corrected chi connectivity index (χ2v) is 6.45. The monoisotopic (exact) mass is 348 g/mol. The van der Waals surface area contributed by atoms with Crippen molar-refractivity contribution in [2.24, 2.45) is 5.92 Å². The number of anilines is 1. The van der Waals surface area contributed by atoms with Gasteiger partial charge in [0, 0.05) is 19.2 Å². The van der Waals surface area contributed by atoms with Gasteiger partial charge in [-0.25, -0.2) is 9.59 Å². The number of carbonyl (C=O) groups excluding carboxylic acids is 3. The standard InChI is InChI=1S/C18H24N2O5/c1-10(2)25-18(23)19-16-11(3)9-20(12(4)21)15-7-6-13(8-14(15)16)17(22)24-5/h6-8,10-11,16H,9H2,1-5H3,(H,19,23)/t11-,16?/m1/s1. The molecular formula is C18H24N2O5. The van der Waals surface area contributed by atoms with Gasteiger partial charge in [0.15, 0.2) is 0 Å². The van der Waals surface area contributed by atoms with Crippen LogP contribution in [0, 0.1) is 5.92 Å². The number of esters is 1. The normalized spacial score (nSPS) is 19.2. The zero-order chi connectivity index (χ0) is 18.7. The van der Waals surface area contributed by atoms with Gasteiger partial charge in [0.05, 0.1) is 24.8 Å². The first-order chi connectivity index (χ1) is 11.7. The number of rotatable bonds is 3. The van der Waals surface area contributed by atoms with Gasteiger partial charge in [-0.15, -0.1) is 0 Å². The van der Waals surface area contributed by atoms with Gasteiger partial charge in [-0.1, -0.05) is 6.92 Å². The molecule has 1 aliphatic rings. The number of nitrogens with zero attached hydrogens (tertiary/aromatic N) is 1. The van der Waals surface area contributed by atoms with Crippen molar-refractivity contribution in [1.82, 2.24) is 5.32 Å². The van der Waals surface area contributed by atoms with Crippen LogP contribution in [0.2, 0.25) is 0 Å². The largest absolute Gasteiger partial charge is 0.465 e. The maximum absolute atomic E-state index is 12.1. The molecule has 2 rings (SSSR count). The van der Waals surface area contributed by atoms with Gasteiger partial charge in [0.1, 0.15) is 0 Å². The van der Waals surface area contributed by atoms with Crippen LogP contribution in [0.15, 0.2) is 18.2 Å². The van der Waals surface area contributed by atoms with Crippen LogP contribution in [0.5, 0.6) is 0 Å². The zero-order valence-electron chi connectivity index (χ0n) is 15.2. The smallest absolute Gasteiger partial charge is 0.407 e. The van der Waals surface area contributed by atoms with E-state index in [1.807, 2.05) is 6.92 Å². The fraction of sp³-hybridized carbons (Fsp3) is 0.500. The average Bonchev–Trinajstić information content (AvgIpc) is 2.55. The lowest BCUT2D eigenvalue weighted by Crippen LogP contribution is -2.45. The van der Waals surface area contributed by atoms with E-state index in [4.69, 9.17) is 9.47 Å². The Hall–Kier alpha value is -2.57. The topological polar surface area (TPSA) is 84.9 Å². The van der Waals surface area contributed by atoms with E-state index in [9.17, 15) is 14.4 Å². The molecule has 1 N–H and O–H groups in total. The van der Waals surface area contributed by atoms with E-state index >= 15 is 0 Å². The first kappa shape index (κ1) is 18.8. The van der Waals surface area contributed by atoms with Crippen LogP contribution in [0.4, 0.5) is 10.5 Å². The molecule has 0 spiro atoms. The Morgan fingerprint density at radius 1 is 1.28 bits per heavy atom. The molecule has 1 aliphatic heterocycles. The molecule has 7 heteroatoms. The highest BCUT2D eigenvalue weighted by atomic mass is 16.6. The van der Waals surface area contributed by atoms with Crippen LogP contribution in [0.1, 0.15) is 49.7 Å². The van der Waals surface area contributed by atoms with Gasteiger partial charge in [-0.3, -0.25) is 4.79 Å². The van der Waals surface area contributed by atoms with E-state index in [1.54, 1.807) is 36.9 Å². The van der Waals surface area contributed by atoms with E-state index in [0.717, 1.165) is 0 Å². The second kappa shape index (κ2) is 7.55. The third-order valence-electron chi connectivity index (χ3n) is 4.11. The Morgan fingerprint density at radius 3 is 2.52 bits per heavy atom. The van der Waals surface area contributed by atoms with Crippen LogP contribution in [0.25, 0.3) is 0 Å². The van der Waals surface area contributed by atoms with Gasteiger partial charge in [0.2, 0.25) is 5.91 Å². The summed E-state index contributed by atoms with van der Waals surface area (Å²) in [5.74, 6) is -0.620. The minimum Gasteiger partial charge on any atom is -0.465 e. The predicted molar refractivity (Wildman–Crippen MR) is 92.5 cm³/mol. The molecular weight excluding hydrogens is 324 g/mol. The van der Waals surface area contributed by atoms with Gasteiger partial charge in [-0.2, -0.15) is 0 Å². The minimum atomic E-state index is -0.530. The number of fused-ring (bicyclic) bond motifs is 1. The Bertz CT molecular complexity index is 686. The first-order valence-corrected chi connectivity index (χ1v) is 8.22. The molecule has 0 aromatic heterocycles. The number of alkyl carbamates (subject to hydrolysis) is 1. The molecule has 0 aliphatic carbocycles. The summed E-state index contributed by atoms with van der Waals surface area (Å²) in [6.07, 6.45) is -0.772. The van der Waals surface area contributed by atoms with Crippen LogP contribution in [0.3, 0.4) is 0 Å². The highest BCUT2D eigenvalue weighted by molar-refractivity contribution is 5.95. The molecule has 1 aromatic carbocycles. The summed E-state index contributed by atoms with van der Waals surface area (Å²) in [6.45, 7) is 7.43. The second-order valence-electron chi connectivity index (χ2n) is 6.45. The predicted octanol–water partition coefficient (Wildman–Crippen LogP) is 2.65. The summed E-state index contributed by atoms with van der Waals surface area (Å²) >= 11 is 0. The molecule has 0 fully saturated rings. The van der Waals surface area contributed by atoms with Crippen molar-refractivity contribution in [3.05, 3.63) is 29.3 Å². The van der Waals surface area contributed by atoms with Crippen molar-refractivity contribution >= 4 is 23.7 Å². The summed E-state index contributed by atoms with van der Waals surface area (Å²) in [6, 6.07) is 4.60. The van der Waals surface area contributed by atoms with E-state index in [2.05, 4.69) is 5.32 Å². The molecule has 1 heterocycles. The van der Waals surface area contributed by atoms with Crippen molar-refractivity contribution in [1.29, 1.82) is 0 Å². The molecule has 7 nitrogen and oxygen atoms in total. The maximum atomic E-state index is 12.1. The third kappa shape index (κ3) is 4.10. The number of nitrogens with one attached hydrogen (secondary N) is 1. The SMILES string of the molecule is COC(=O)c1ccc2c(c1)C(NC(=O)OC(C)C)[C@H](C)CN2C(C)=O. The van der Waals surface area contributed by atoms with Crippen molar-refractivity contribution in [2.75, 3.05) is 18.6 Å². The summed E-state index contributed by atoms with van der Waals surface area (Å²) in [4.78, 5) is 37.5. The van der Waals surface area contributed by atoms with Gasteiger partial charge in [0.25, 0.3) is 0 Å². The number of methoxy groups -OCH3 is 1. The van der Waals surface area contributed by atoms with Gasteiger partial charge in [-0.05, 0) is 43.5 Å². The Labute approximate surface area is 147 Å². The molecule has 25 heavy (non-hydrogen) atoms. The highest BCUT2D eigenvalue weighted by Crippen LogP contribution is 2.38. The number of ether oxygens (including phenoxy) is 2. The molecule has 1 unspecified atom stereocenters. The molecule has 136 valence electrons. The Morgan fingerprint density at radius 2 is 1.96 bits per heavy atom. The molecule has 0 saturated carbocycles. The third-order valence-corrected chi connectivity index (χ3v) is 4.11. The van der Waals surface area contributed by atoms with Crippen molar-refractivity contribution in [3.63, 3.8) is 0 Å². The van der Waals surface area contributed by atoms with Crippen LogP contribution in [-0.4, -0.2) is 37.7 Å². The number of hydrogen-bond donors (Lipinski definition) is 1. The Kier molecular flexibility index (Phi) is 5.66. The molecule has 2 atom stereocenters. The summed E-state index contributed by atoms with van der Waals surface area (Å²) in [5, 5.41) is 2.85. The lowest BCUT2D eigenvalue weighted by Gasteiger charge is -2.38. The van der Waals surface area contributed by atoms with Crippen LogP contribution < -0.4 is 10.2 Å². The van der Waals surface area contributed by atoms with Crippen molar-refractivity contribution < 1.29 is 23.9 Å².